The molecule has 0 spiro atoms. The fourth-order valence-electron chi connectivity index (χ4n) is 2.83. The quantitative estimate of drug-likeness (QED) is 0.777. The summed E-state index contributed by atoms with van der Waals surface area (Å²) >= 11 is 0. The predicted molar refractivity (Wildman–Crippen MR) is 91.2 cm³/mol. The van der Waals surface area contributed by atoms with E-state index >= 15 is 0 Å². The molecule has 1 aliphatic rings. The van der Waals surface area contributed by atoms with Crippen molar-refractivity contribution in [1.82, 2.24) is 9.62 Å². The van der Waals surface area contributed by atoms with E-state index in [2.05, 4.69) is 10.0 Å². The van der Waals surface area contributed by atoms with Crippen LogP contribution in [0.15, 0.2) is 29.2 Å². The highest BCUT2D eigenvalue weighted by Gasteiger charge is 2.32. The molecule has 0 radical (unpaired) electrons. The molecule has 1 amide bonds. The molecule has 1 aromatic rings. The molecule has 1 fully saturated rings. The molecule has 1 aromatic carbocycles. The summed E-state index contributed by atoms with van der Waals surface area (Å²) in [5.74, 6) is -0.247. The Morgan fingerprint density at radius 1 is 1.19 bits per heavy atom. The lowest BCUT2D eigenvalue weighted by atomic mass is 9.97. The predicted octanol–water partition coefficient (Wildman–Crippen LogP) is 2.20. The Morgan fingerprint density at radius 3 is 2.27 bits per heavy atom. The Kier molecular flexibility index (Phi) is 6.64. The van der Waals surface area contributed by atoms with Crippen LogP contribution >= 0.6 is 0 Å². The Balaban J connectivity index is 1.84. The number of benzene rings is 1. The lowest BCUT2D eigenvalue weighted by Gasteiger charge is -2.32. The molecule has 1 aliphatic heterocycles. The van der Waals surface area contributed by atoms with E-state index in [0.717, 1.165) is 0 Å². The number of nitrogens with zero attached hydrogens (tertiary/aromatic N) is 1. The van der Waals surface area contributed by atoms with Crippen LogP contribution < -0.4 is 10.0 Å². The molecule has 0 bridgehead atoms. The van der Waals surface area contributed by atoms with Crippen molar-refractivity contribution < 1.29 is 26.4 Å². The van der Waals surface area contributed by atoms with Gasteiger partial charge in [0.15, 0.2) is 0 Å². The third-order valence-electron chi connectivity index (χ3n) is 4.16. The van der Waals surface area contributed by atoms with Crippen LogP contribution in [0.2, 0.25) is 0 Å². The lowest BCUT2D eigenvalue weighted by Crippen LogP contribution is -2.42. The first-order valence-corrected chi connectivity index (χ1v) is 9.70. The normalized spacial score (nSPS) is 17.2. The minimum absolute atomic E-state index is 0.00733. The van der Waals surface area contributed by atoms with Crippen molar-refractivity contribution in [1.29, 1.82) is 0 Å². The third-order valence-corrected chi connectivity index (χ3v) is 5.60. The second kappa shape index (κ2) is 8.36. The van der Waals surface area contributed by atoms with Crippen LogP contribution in [0.3, 0.4) is 0 Å². The highest BCUT2D eigenvalue weighted by Crippen LogP contribution is 2.22. The van der Waals surface area contributed by atoms with Crippen molar-refractivity contribution in [2.75, 3.05) is 31.5 Å². The minimum atomic E-state index is -4.21. The van der Waals surface area contributed by atoms with E-state index in [9.17, 15) is 26.4 Å². The highest BCUT2D eigenvalue weighted by atomic mass is 32.2. The number of hydrogen-bond acceptors (Lipinski definition) is 4. The number of anilines is 1. The topological polar surface area (TPSA) is 78.5 Å². The third kappa shape index (κ3) is 6.58. The molecular formula is C16H22F3N3O3S. The number of sulfonamides is 1. The highest BCUT2D eigenvalue weighted by molar-refractivity contribution is 7.89. The van der Waals surface area contributed by atoms with Gasteiger partial charge in [0.2, 0.25) is 15.9 Å². The molecule has 2 N–H and O–H groups in total. The summed E-state index contributed by atoms with van der Waals surface area (Å²) in [6, 6.07) is 5.76. The number of likely N-dealkylation sites (tertiary alicyclic amines) is 1. The van der Waals surface area contributed by atoms with Gasteiger partial charge in [-0.2, -0.15) is 13.2 Å². The molecule has 0 atom stereocenters. The molecule has 6 nitrogen and oxygen atoms in total. The Morgan fingerprint density at radius 2 is 1.77 bits per heavy atom. The van der Waals surface area contributed by atoms with E-state index in [4.69, 9.17) is 0 Å². The molecule has 0 aromatic heterocycles. The fourth-order valence-corrected chi connectivity index (χ4v) is 3.95. The molecule has 0 saturated carbocycles. The van der Waals surface area contributed by atoms with E-state index in [0.29, 0.717) is 31.6 Å². The van der Waals surface area contributed by atoms with Crippen molar-refractivity contribution in [2.45, 2.75) is 30.8 Å². The molecule has 26 heavy (non-hydrogen) atoms. The fraction of sp³-hybridized carbons (Fsp3) is 0.562. The average Bonchev–Trinajstić information content (AvgIpc) is 2.53. The van der Waals surface area contributed by atoms with Gasteiger partial charge < -0.3 is 5.32 Å². The van der Waals surface area contributed by atoms with E-state index in [1.54, 1.807) is 0 Å². The zero-order valence-electron chi connectivity index (χ0n) is 14.3. The number of halogens is 3. The summed E-state index contributed by atoms with van der Waals surface area (Å²) in [5, 5.41) is 2.55. The van der Waals surface area contributed by atoms with Gasteiger partial charge in [0, 0.05) is 19.2 Å². The molecular weight excluding hydrogens is 371 g/mol. The number of hydrogen-bond donors (Lipinski definition) is 2. The maximum atomic E-state index is 12.4. The van der Waals surface area contributed by atoms with Crippen LogP contribution in [0.4, 0.5) is 18.9 Å². The Hall–Kier alpha value is -1.65. The minimum Gasteiger partial charge on any atom is -0.326 e. The lowest BCUT2D eigenvalue weighted by molar-refractivity contribution is -0.148. The molecule has 0 unspecified atom stereocenters. The van der Waals surface area contributed by atoms with Crippen LogP contribution in [-0.4, -0.2) is 51.6 Å². The van der Waals surface area contributed by atoms with Crippen molar-refractivity contribution in [3.8, 4) is 0 Å². The molecule has 10 heteroatoms. The summed E-state index contributed by atoms with van der Waals surface area (Å²) in [6.07, 6.45) is -3.18. The molecule has 1 heterocycles. The maximum Gasteiger partial charge on any atom is 0.401 e. The average molecular weight is 393 g/mol. The van der Waals surface area contributed by atoms with Crippen LogP contribution in [0.25, 0.3) is 0 Å². The molecule has 0 aliphatic carbocycles. The standard InChI is InChI=1S/C16H22F3N3O3S/c1-12(23)21-14-2-4-15(5-3-14)26(24,25)20-10-13-6-8-22(9-7-13)11-16(17,18)19/h2-5,13,20H,6-11H2,1H3,(H,21,23). The van der Waals surface area contributed by atoms with E-state index in [-0.39, 0.29) is 23.3 Å². The Bertz CT molecular complexity index is 712. The number of amides is 1. The summed E-state index contributed by atoms with van der Waals surface area (Å²) in [4.78, 5) is 12.4. The van der Waals surface area contributed by atoms with Crippen LogP contribution in [0.1, 0.15) is 19.8 Å². The maximum absolute atomic E-state index is 12.4. The molecule has 146 valence electrons. The second-order valence-electron chi connectivity index (χ2n) is 6.39. The van der Waals surface area contributed by atoms with Gasteiger partial charge in [-0.25, -0.2) is 13.1 Å². The van der Waals surface area contributed by atoms with Gasteiger partial charge in [-0.05, 0) is 56.1 Å². The van der Waals surface area contributed by atoms with Crippen LogP contribution in [-0.2, 0) is 14.8 Å². The van der Waals surface area contributed by atoms with Gasteiger partial charge in [0.25, 0.3) is 0 Å². The van der Waals surface area contributed by atoms with Crippen LogP contribution in [0, 0.1) is 5.92 Å². The van der Waals surface area contributed by atoms with E-state index < -0.39 is 22.7 Å². The molecule has 2 rings (SSSR count). The largest absolute Gasteiger partial charge is 0.401 e. The zero-order valence-corrected chi connectivity index (χ0v) is 15.2. The number of carbonyl (C=O) groups is 1. The van der Waals surface area contributed by atoms with Crippen LogP contribution in [0.5, 0.6) is 0 Å². The van der Waals surface area contributed by atoms with Crippen molar-refractivity contribution in [2.24, 2.45) is 5.92 Å². The summed E-state index contributed by atoms with van der Waals surface area (Å²) in [7, 11) is -3.70. The van der Waals surface area contributed by atoms with E-state index in [1.807, 2.05) is 0 Å². The van der Waals surface area contributed by atoms with Gasteiger partial charge in [-0.15, -0.1) is 0 Å². The monoisotopic (exact) mass is 393 g/mol. The van der Waals surface area contributed by atoms with Gasteiger partial charge in [0.05, 0.1) is 11.4 Å². The smallest absolute Gasteiger partial charge is 0.326 e. The van der Waals surface area contributed by atoms with Gasteiger partial charge in [0.1, 0.15) is 0 Å². The summed E-state index contributed by atoms with van der Waals surface area (Å²) < 4.78 is 64.2. The Labute approximate surface area is 150 Å². The first-order chi connectivity index (χ1) is 12.0. The number of nitrogens with one attached hydrogen (secondary N) is 2. The molecule has 1 saturated heterocycles. The number of carbonyl (C=O) groups excluding carboxylic acids is 1. The summed E-state index contributed by atoms with van der Waals surface area (Å²) in [6.45, 7) is 1.22. The zero-order chi connectivity index (χ0) is 19.4. The van der Waals surface area contributed by atoms with Crippen molar-refractivity contribution >= 4 is 21.6 Å². The van der Waals surface area contributed by atoms with E-state index in [1.165, 1.54) is 36.1 Å². The second-order valence-corrected chi connectivity index (χ2v) is 8.16. The van der Waals surface area contributed by atoms with Crippen molar-refractivity contribution in [3.63, 3.8) is 0 Å². The van der Waals surface area contributed by atoms with Gasteiger partial charge in [-0.3, -0.25) is 9.69 Å². The first kappa shape index (κ1) is 20.7. The first-order valence-electron chi connectivity index (χ1n) is 8.21. The van der Waals surface area contributed by atoms with Gasteiger partial charge >= 0.3 is 6.18 Å². The SMILES string of the molecule is CC(=O)Nc1ccc(S(=O)(=O)NCC2CCN(CC(F)(F)F)CC2)cc1. The van der Waals surface area contributed by atoms with Gasteiger partial charge in [-0.1, -0.05) is 0 Å². The number of alkyl halides is 3. The number of rotatable bonds is 6. The number of piperidine rings is 1. The summed E-state index contributed by atoms with van der Waals surface area (Å²) in [5.41, 5.74) is 0.494. The van der Waals surface area contributed by atoms with Crippen molar-refractivity contribution in [3.05, 3.63) is 24.3 Å².